The highest BCUT2D eigenvalue weighted by Gasteiger charge is 2.22. The zero-order valence-corrected chi connectivity index (χ0v) is 15.7. The zero-order chi connectivity index (χ0) is 18.6. The van der Waals surface area contributed by atoms with Crippen LogP contribution in [0.1, 0.15) is 19.8 Å². The Bertz CT molecular complexity index is 753. The van der Waals surface area contributed by atoms with Crippen LogP contribution in [0.4, 0.5) is 0 Å². The highest BCUT2D eigenvalue weighted by Crippen LogP contribution is 2.31. The molecule has 2 heterocycles. The Labute approximate surface area is 153 Å². The van der Waals surface area contributed by atoms with Crippen molar-refractivity contribution in [2.45, 2.75) is 30.7 Å². The minimum Gasteiger partial charge on any atom is -0.490 e. The molecule has 9 heteroatoms. The van der Waals surface area contributed by atoms with Crippen molar-refractivity contribution in [1.29, 1.82) is 0 Å². The van der Waals surface area contributed by atoms with Gasteiger partial charge in [-0.15, -0.1) is 0 Å². The molecule has 26 heavy (non-hydrogen) atoms. The number of carbonyl (C=O) groups excluding carboxylic acids is 1. The quantitative estimate of drug-likeness (QED) is 0.761. The summed E-state index contributed by atoms with van der Waals surface area (Å²) in [4.78, 5) is 14.1. The van der Waals surface area contributed by atoms with Crippen molar-refractivity contribution in [3.63, 3.8) is 0 Å². The van der Waals surface area contributed by atoms with E-state index in [1.807, 2.05) is 6.92 Å². The van der Waals surface area contributed by atoms with E-state index in [0.717, 1.165) is 13.0 Å². The smallest absolute Gasteiger partial charge is 0.240 e. The third kappa shape index (κ3) is 4.66. The number of fused-ring (bicyclic) bond motifs is 1. The highest BCUT2D eigenvalue weighted by molar-refractivity contribution is 7.89. The summed E-state index contributed by atoms with van der Waals surface area (Å²) >= 11 is 0. The van der Waals surface area contributed by atoms with Crippen LogP contribution in [0.3, 0.4) is 0 Å². The van der Waals surface area contributed by atoms with E-state index in [-0.39, 0.29) is 29.8 Å². The van der Waals surface area contributed by atoms with Crippen LogP contribution in [0.25, 0.3) is 0 Å². The van der Waals surface area contributed by atoms with Crippen LogP contribution in [-0.4, -0.2) is 64.7 Å². The molecule has 1 aromatic rings. The van der Waals surface area contributed by atoms with Crippen molar-refractivity contribution in [3.8, 4) is 11.5 Å². The van der Waals surface area contributed by atoms with Gasteiger partial charge in [0, 0.05) is 51.1 Å². The number of carbonyl (C=O) groups is 1. The number of ether oxygens (including phenoxy) is 2. The predicted molar refractivity (Wildman–Crippen MR) is 95.9 cm³/mol. The van der Waals surface area contributed by atoms with Crippen molar-refractivity contribution >= 4 is 15.9 Å². The Morgan fingerprint density at radius 2 is 2.08 bits per heavy atom. The zero-order valence-electron chi connectivity index (χ0n) is 14.9. The van der Waals surface area contributed by atoms with Gasteiger partial charge in [0.15, 0.2) is 11.5 Å². The van der Waals surface area contributed by atoms with E-state index >= 15 is 0 Å². The van der Waals surface area contributed by atoms with Crippen molar-refractivity contribution in [1.82, 2.24) is 14.9 Å². The van der Waals surface area contributed by atoms with Gasteiger partial charge in [0.2, 0.25) is 15.9 Å². The first-order valence-electron chi connectivity index (χ1n) is 8.86. The Balaban J connectivity index is 1.57. The maximum absolute atomic E-state index is 12.5. The minimum atomic E-state index is -3.71. The van der Waals surface area contributed by atoms with E-state index in [9.17, 15) is 13.2 Å². The van der Waals surface area contributed by atoms with Crippen molar-refractivity contribution in [3.05, 3.63) is 18.2 Å². The number of rotatable bonds is 5. The molecule has 1 saturated heterocycles. The molecule has 1 amide bonds. The third-order valence-corrected chi connectivity index (χ3v) is 5.84. The molecule has 1 atom stereocenters. The molecule has 0 aromatic heterocycles. The number of hydrogen-bond donors (Lipinski definition) is 2. The van der Waals surface area contributed by atoms with Gasteiger partial charge in [0.05, 0.1) is 18.1 Å². The Morgan fingerprint density at radius 3 is 2.85 bits per heavy atom. The molecule has 0 aliphatic carbocycles. The third-order valence-electron chi connectivity index (χ3n) is 4.38. The molecule has 3 rings (SSSR count). The number of piperazine rings is 1. The van der Waals surface area contributed by atoms with Gasteiger partial charge in [-0.3, -0.25) is 4.79 Å². The van der Waals surface area contributed by atoms with Crippen molar-refractivity contribution in [2.75, 3.05) is 39.4 Å². The Kier molecular flexibility index (Phi) is 6.00. The fraction of sp³-hybridized carbons (Fsp3) is 0.588. The number of benzene rings is 1. The number of sulfonamides is 1. The minimum absolute atomic E-state index is 0.0419. The molecule has 0 bridgehead atoms. The lowest BCUT2D eigenvalue weighted by Gasteiger charge is -2.32. The fourth-order valence-corrected chi connectivity index (χ4v) is 4.05. The molecule has 2 aliphatic heterocycles. The van der Waals surface area contributed by atoms with Gasteiger partial charge in [0.25, 0.3) is 0 Å². The average molecular weight is 383 g/mol. The molecule has 2 aliphatic rings. The van der Waals surface area contributed by atoms with E-state index in [1.165, 1.54) is 12.1 Å². The first-order chi connectivity index (χ1) is 12.5. The van der Waals surface area contributed by atoms with E-state index in [0.29, 0.717) is 37.8 Å². The molecule has 0 radical (unpaired) electrons. The lowest BCUT2D eigenvalue weighted by Crippen LogP contribution is -2.51. The summed E-state index contributed by atoms with van der Waals surface area (Å²) in [6.45, 7) is 5.17. The van der Waals surface area contributed by atoms with Crippen LogP contribution in [0.15, 0.2) is 23.1 Å². The summed E-state index contributed by atoms with van der Waals surface area (Å²) in [6, 6.07) is 4.80. The predicted octanol–water partition coefficient (Wildman–Crippen LogP) is 0.337. The van der Waals surface area contributed by atoms with Crippen LogP contribution in [-0.2, 0) is 14.8 Å². The lowest BCUT2D eigenvalue weighted by molar-refractivity contribution is -0.132. The molecule has 2 N–H and O–H groups in total. The van der Waals surface area contributed by atoms with Crippen molar-refractivity contribution in [2.24, 2.45) is 0 Å². The second-order valence-electron chi connectivity index (χ2n) is 6.50. The normalized spacial score (nSPS) is 20.5. The molecule has 0 saturated carbocycles. The molecule has 144 valence electrons. The summed E-state index contributed by atoms with van der Waals surface area (Å²) < 4.78 is 38.5. The Hall–Kier alpha value is -1.84. The SMILES string of the molecule is CC1CN(C(=O)CCNS(=O)(=O)c2ccc3c(c2)OCCCO3)CCN1. The monoisotopic (exact) mass is 383 g/mol. The van der Waals surface area contributed by atoms with Gasteiger partial charge in [-0.2, -0.15) is 0 Å². The van der Waals surface area contributed by atoms with Crippen LogP contribution < -0.4 is 19.5 Å². The molecule has 1 unspecified atom stereocenters. The summed E-state index contributed by atoms with van der Waals surface area (Å²) in [5.41, 5.74) is 0. The fourth-order valence-electron chi connectivity index (χ4n) is 3.00. The Morgan fingerprint density at radius 1 is 1.31 bits per heavy atom. The van der Waals surface area contributed by atoms with Crippen LogP contribution >= 0.6 is 0 Å². The molecule has 0 spiro atoms. The number of nitrogens with one attached hydrogen (secondary N) is 2. The summed E-state index contributed by atoms with van der Waals surface area (Å²) in [5, 5.41) is 3.27. The molecular weight excluding hydrogens is 358 g/mol. The standard InChI is InChI=1S/C17H25N3O5S/c1-13-12-20(8-7-18-13)17(21)5-6-19-26(22,23)14-3-4-15-16(11-14)25-10-2-9-24-15/h3-4,11,13,18-19H,2,5-10,12H2,1H3. The maximum atomic E-state index is 12.5. The van der Waals surface area contributed by atoms with Crippen LogP contribution in [0, 0.1) is 0 Å². The second kappa shape index (κ2) is 8.24. The summed E-state index contributed by atoms with van der Waals surface area (Å²) in [7, 11) is -3.71. The molecule has 1 aromatic carbocycles. The van der Waals surface area contributed by atoms with Gasteiger partial charge in [-0.05, 0) is 19.1 Å². The number of hydrogen-bond acceptors (Lipinski definition) is 6. The largest absolute Gasteiger partial charge is 0.490 e. The number of nitrogens with zero attached hydrogens (tertiary/aromatic N) is 1. The lowest BCUT2D eigenvalue weighted by atomic mass is 10.2. The van der Waals surface area contributed by atoms with Gasteiger partial charge in [-0.1, -0.05) is 0 Å². The average Bonchev–Trinajstić information content (AvgIpc) is 2.86. The maximum Gasteiger partial charge on any atom is 0.240 e. The van der Waals surface area contributed by atoms with Gasteiger partial charge in [0.1, 0.15) is 0 Å². The molecule has 1 fully saturated rings. The molecular formula is C17H25N3O5S. The number of amides is 1. The second-order valence-corrected chi connectivity index (χ2v) is 8.27. The van der Waals surface area contributed by atoms with Gasteiger partial charge >= 0.3 is 0 Å². The van der Waals surface area contributed by atoms with Crippen LogP contribution in [0.5, 0.6) is 11.5 Å². The van der Waals surface area contributed by atoms with E-state index in [2.05, 4.69) is 10.0 Å². The van der Waals surface area contributed by atoms with Gasteiger partial charge in [-0.25, -0.2) is 13.1 Å². The first-order valence-corrected chi connectivity index (χ1v) is 10.3. The van der Waals surface area contributed by atoms with E-state index in [1.54, 1.807) is 11.0 Å². The summed E-state index contributed by atoms with van der Waals surface area (Å²) in [6.07, 6.45) is 0.887. The van der Waals surface area contributed by atoms with E-state index < -0.39 is 10.0 Å². The highest BCUT2D eigenvalue weighted by atomic mass is 32.2. The summed E-state index contributed by atoms with van der Waals surface area (Å²) in [5.74, 6) is 0.931. The molecule has 8 nitrogen and oxygen atoms in total. The van der Waals surface area contributed by atoms with Crippen molar-refractivity contribution < 1.29 is 22.7 Å². The topological polar surface area (TPSA) is 97.0 Å². The van der Waals surface area contributed by atoms with E-state index in [4.69, 9.17) is 9.47 Å². The van der Waals surface area contributed by atoms with Gasteiger partial charge < -0.3 is 19.7 Å². The first kappa shape index (κ1) is 18.9. The van der Waals surface area contributed by atoms with Crippen LogP contribution in [0.2, 0.25) is 0 Å².